The van der Waals surface area contributed by atoms with Gasteiger partial charge in [0.1, 0.15) is 11.5 Å². The van der Waals surface area contributed by atoms with Crippen LogP contribution in [0.15, 0.2) is 53.4 Å². The van der Waals surface area contributed by atoms with Crippen LogP contribution in [0.2, 0.25) is 0 Å². The number of aromatic amines is 1. The number of likely N-dealkylation sites (tertiary alicyclic amines) is 1. The summed E-state index contributed by atoms with van der Waals surface area (Å²) < 4.78 is 5.34. The standard InChI is InChI=1S/C22H22N8O3/c1-13(19-23-9-10-24-19)26-21-25-8-6-16(28-21)14-4-3-5-15(27-14)17-12-18(33-29-17)22(32)7-11-30(2)20(22)31/h3-6,8-10,12-13,32H,7,11H2,1-2H3,(H,23,24)(H,25,26,28). The first-order valence-electron chi connectivity index (χ1n) is 10.5. The van der Waals surface area contributed by atoms with Crippen LogP contribution in [0.25, 0.3) is 22.8 Å². The Bertz CT molecular complexity index is 1290. The van der Waals surface area contributed by atoms with Gasteiger partial charge in [0.15, 0.2) is 5.76 Å². The molecule has 0 bridgehead atoms. The number of anilines is 1. The highest BCUT2D eigenvalue weighted by molar-refractivity contribution is 5.87. The minimum Gasteiger partial charge on any atom is -0.373 e. The van der Waals surface area contributed by atoms with Crippen LogP contribution in [0.5, 0.6) is 0 Å². The van der Waals surface area contributed by atoms with E-state index < -0.39 is 11.5 Å². The molecule has 4 aromatic rings. The Kier molecular flexibility index (Phi) is 5.09. The van der Waals surface area contributed by atoms with Gasteiger partial charge in [-0.15, -0.1) is 0 Å². The third-order valence-electron chi connectivity index (χ3n) is 5.63. The summed E-state index contributed by atoms with van der Waals surface area (Å²) in [5.41, 5.74) is 0.484. The number of imidazole rings is 1. The van der Waals surface area contributed by atoms with E-state index in [4.69, 9.17) is 4.52 Å². The molecule has 11 nitrogen and oxygen atoms in total. The minimum atomic E-state index is -1.70. The second kappa shape index (κ2) is 8.10. The predicted octanol–water partition coefficient (Wildman–Crippen LogP) is 2.14. The Morgan fingerprint density at radius 3 is 2.67 bits per heavy atom. The van der Waals surface area contributed by atoms with Gasteiger partial charge < -0.3 is 24.8 Å². The number of amides is 1. The number of hydrogen-bond acceptors (Lipinski definition) is 9. The van der Waals surface area contributed by atoms with Crippen molar-refractivity contribution in [2.45, 2.75) is 25.0 Å². The molecular formula is C22H22N8O3. The Labute approximate surface area is 188 Å². The molecule has 1 fully saturated rings. The van der Waals surface area contributed by atoms with Gasteiger partial charge in [-0.2, -0.15) is 0 Å². The fraction of sp³-hybridized carbons (Fsp3) is 0.273. The van der Waals surface area contributed by atoms with Gasteiger partial charge in [-0.3, -0.25) is 4.79 Å². The molecule has 1 amide bonds. The van der Waals surface area contributed by atoms with Gasteiger partial charge in [-0.1, -0.05) is 11.2 Å². The lowest BCUT2D eigenvalue weighted by Gasteiger charge is -2.16. The Morgan fingerprint density at radius 2 is 1.94 bits per heavy atom. The second-order valence-corrected chi connectivity index (χ2v) is 7.93. The number of carbonyl (C=O) groups excluding carboxylic acids is 1. The molecule has 5 heterocycles. The molecule has 3 N–H and O–H groups in total. The molecule has 0 radical (unpaired) electrons. The summed E-state index contributed by atoms with van der Waals surface area (Å²) in [7, 11) is 1.64. The molecule has 11 heteroatoms. The zero-order valence-corrected chi connectivity index (χ0v) is 18.1. The highest BCUT2D eigenvalue weighted by atomic mass is 16.5. The Balaban J connectivity index is 1.39. The zero-order chi connectivity index (χ0) is 23.0. The molecule has 1 aliphatic heterocycles. The number of carbonyl (C=O) groups is 1. The van der Waals surface area contributed by atoms with Gasteiger partial charge in [0.2, 0.25) is 11.5 Å². The van der Waals surface area contributed by atoms with Gasteiger partial charge in [-0.25, -0.2) is 19.9 Å². The van der Waals surface area contributed by atoms with Crippen molar-refractivity contribution >= 4 is 11.9 Å². The molecule has 0 saturated carbocycles. The highest BCUT2D eigenvalue weighted by Gasteiger charge is 2.48. The largest absolute Gasteiger partial charge is 0.373 e. The smallest absolute Gasteiger partial charge is 0.262 e. The van der Waals surface area contributed by atoms with E-state index in [1.165, 1.54) is 4.90 Å². The molecule has 1 aliphatic rings. The van der Waals surface area contributed by atoms with Crippen molar-refractivity contribution in [3.63, 3.8) is 0 Å². The summed E-state index contributed by atoms with van der Waals surface area (Å²) >= 11 is 0. The first-order chi connectivity index (χ1) is 15.9. The first-order valence-corrected chi connectivity index (χ1v) is 10.5. The molecule has 33 heavy (non-hydrogen) atoms. The maximum absolute atomic E-state index is 12.3. The number of nitrogens with one attached hydrogen (secondary N) is 2. The van der Waals surface area contributed by atoms with Crippen LogP contribution < -0.4 is 5.32 Å². The van der Waals surface area contributed by atoms with E-state index in [1.807, 2.05) is 19.1 Å². The molecule has 2 atom stereocenters. The maximum atomic E-state index is 12.3. The number of likely N-dealkylation sites (N-methyl/N-ethyl adjacent to an activating group) is 1. The molecule has 0 spiro atoms. The number of pyridine rings is 1. The third-order valence-corrected chi connectivity index (χ3v) is 5.63. The van der Waals surface area contributed by atoms with Crippen molar-refractivity contribution in [2.75, 3.05) is 18.9 Å². The number of H-pyrrole nitrogens is 1. The average molecular weight is 446 g/mol. The number of rotatable bonds is 6. The van der Waals surface area contributed by atoms with E-state index >= 15 is 0 Å². The normalized spacial score (nSPS) is 19.1. The quantitative estimate of drug-likeness (QED) is 0.405. The van der Waals surface area contributed by atoms with Crippen LogP contribution in [0.4, 0.5) is 5.95 Å². The van der Waals surface area contributed by atoms with Crippen molar-refractivity contribution < 1.29 is 14.4 Å². The lowest BCUT2D eigenvalue weighted by atomic mass is 9.98. The van der Waals surface area contributed by atoms with Crippen LogP contribution in [-0.2, 0) is 10.4 Å². The number of nitrogens with zero attached hydrogens (tertiary/aromatic N) is 6. The van der Waals surface area contributed by atoms with E-state index in [9.17, 15) is 9.90 Å². The van der Waals surface area contributed by atoms with Gasteiger partial charge in [0.25, 0.3) is 5.91 Å². The van der Waals surface area contributed by atoms with Crippen LogP contribution in [-0.4, -0.2) is 59.6 Å². The summed E-state index contributed by atoms with van der Waals surface area (Å²) in [4.78, 5) is 34.6. The number of hydrogen-bond donors (Lipinski definition) is 3. The van der Waals surface area contributed by atoms with E-state index in [1.54, 1.807) is 43.8 Å². The molecule has 2 unspecified atom stereocenters. The number of aliphatic hydroxyl groups is 1. The van der Waals surface area contributed by atoms with Crippen LogP contribution in [0, 0.1) is 0 Å². The van der Waals surface area contributed by atoms with Gasteiger partial charge >= 0.3 is 0 Å². The SMILES string of the molecule is CC(Nc1nccc(-c2cccc(-c3cc(C4(O)CCN(C)C4=O)on3)n2)n1)c1ncc[nH]1. The summed E-state index contributed by atoms with van der Waals surface area (Å²) in [5, 5.41) is 18.0. The van der Waals surface area contributed by atoms with E-state index in [0.717, 1.165) is 5.82 Å². The lowest BCUT2D eigenvalue weighted by molar-refractivity contribution is -0.144. The van der Waals surface area contributed by atoms with E-state index in [2.05, 4.69) is 35.4 Å². The van der Waals surface area contributed by atoms with Crippen LogP contribution in [0.1, 0.15) is 31.0 Å². The monoisotopic (exact) mass is 446 g/mol. The van der Waals surface area contributed by atoms with Crippen molar-refractivity contribution in [3.8, 4) is 22.8 Å². The van der Waals surface area contributed by atoms with Crippen LogP contribution >= 0.6 is 0 Å². The molecule has 5 rings (SSSR count). The van der Waals surface area contributed by atoms with Crippen LogP contribution in [0.3, 0.4) is 0 Å². The Morgan fingerprint density at radius 1 is 1.15 bits per heavy atom. The molecular weight excluding hydrogens is 424 g/mol. The zero-order valence-electron chi connectivity index (χ0n) is 18.1. The summed E-state index contributed by atoms with van der Waals surface area (Å²) in [6.45, 7) is 2.40. The fourth-order valence-electron chi connectivity index (χ4n) is 3.74. The van der Waals surface area contributed by atoms with Gasteiger partial charge in [0.05, 0.1) is 23.1 Å². The average Bonchev–Trinajstić information content (AvgIpc) is 3.59. The third kappa shape index (κ3) is 3.82. The van der Waals surface area contributed by atoms with Crippen molar-refractivity contribution in [1.29, 1.82) is 0 Å². The molecule has 168 valence electrons. The lowest BCUT2D eigenvalue weighted by Crippen LogP contribution is -2.35. The minimum absolute atomic E-state index is 0.105. The maximum Gasteiger partial charge on any atom is 0.262 e. The predicted molar refractivity (Wildman–Crippen MR) is 118 cm³/mol. The van der Waals surface area contributed by atoms with Crippen molar-refractivity contribution in [2.24, 2.45) is 0 Å². The molecule has 1 saturated heterocycles. The van der Waals surface area contributed by atoms with Crippen molar-refractivity contribution in [3.05, 3.63) is 60.5 Å². The summed E-state index contributed by atoms with van der Waals surface area (Å²) in [6.07, 6.45) is 5.35. The molecule has 0 aliphatic carbocycles. The second-order valence-electron chi connectivity index (χ2n) is 7.93. The summed E-state index contributed by atoms with van der Waals surface area (Å²) in [5.74, 6) is 0.925. The van der Waals surface area contributed by atoms with E-state index in [-0.39, 0.29) is 18.2 Å². The first kappa shape index (κ1) is 20.8. The topological polar surface area (TPSA) is 146 Å². The summed E-state index contributed by atoms with van der Waals surface area (Å²) in [6, 6.07) is 8.65. The molecule has 4 aromatic heterocycles. The fourth-order valence-corrected chi connectivity index (χ4v) is 3.74. The van der Waals surface area contributed by atoms with Gasteiger partial charge in [0, 0.05) is 44.7 Å². The number of aromatic nitrogens is 6. The molecule has 0 aromatic carbocycles. The van der Waals surface area contributed by atoms with E-state index in [0.29, 0.717) is 35.3 Å². The Hall–Kier alpha value is -4.12. The van der Waals surface area contributed by atoms with Crippen molar-refractivity contribution in [1.82, 2.24) is 35.0 Å². The highest BCUT2D eigenvalue weighted by Crippen LogP contribution is 2.34. The van der Waals surface area contributed by atoms with Gasteiger partial charge in [-0.05, 0) is 25.1 Å².